The number of carbonyl (C=O) groups is 2. The van der Waals surface area contributed by atoms with Gasteiger partial charge in [0.1, 0.15) is 11.6 Å². The Balaban J connectivity index is 1.97. The molecule has 2 heterocycles. The van der Waals surface area contributed by atoms with E-state index in [9.17, 15) is 14.7 Å². The number of aromatic nitrogens is 1. The molecule has 0 aliphatic carbocycles. The molecule has 0 spiro atoms. The van der Waals surface area contributed by atoms with Crippen LogP contribution in [0.5, 0.6) is 5.75 Å². The third-order valence-corrected chi connectivity index (χ3v) is 8.44. The molecule has 0 bridgehead atoms. The highest BCUT2D eigenvalue weighted by molar-refractivity contribution is 6.16. The number of esters is 2. The average molecular weight is 630 g/mol. The van der Waals surface area contributed by atoms with Crippen LogP contribution in [-0.4, -0.2) is 38.8 Å². The Morgan fingerprint density at radius 1 is 0.957 bits per heavy atom. The second-order valence-electron chi connectivity index (χ2n) is 14.9. The third kappa shape index (κ3) is 7.83. The number of ether oxygens (including phenoxy) is 2. The lowest BCUT2D eigenvalue weighted by atomic mass is 9.79. The van der Waals surface area contributed by atoms with Gasteiger partial charge in [0.25, 0.3) is 5.79 Å². The van der Waals surface area contributed by atoms with Crippen molar-refractivity contribution in [2.24, 2.45) is 0 Å². The number of carbonyl (C=O) groups excluding carboxylic acids is 2. The highest BCUT2D eigenvalue weighted by Crippen LogP contribution is 2.42. The molecule has 1 fully saturated rings. The maximum Gasteiger partial charge on any atom is 0.352 e. The zero-order chi connectivity index (χ0) is 34.0. The van der Waals surface area contributed by atoms with Crippen molar-refractivity contribution >= 4 is 28.5 Å². The van der Waals surface area contributed by atoms with Gasteiger partial charge in [0.15, 0.2) is 5.57 Å². The van der Waals surface area contributed by atoms with E-state index in [2.05, 4.69) is 29.0 Å². The topological polar surface area (TPSA) is 101 Å². The van der Waals surface area contributed by atoms with Crippen LogP contribution in [0.15, 0.2) is 60.1 Å². The second kappa shape index (κ2) is 13.3. The highest BCUT2D eigenvalue weighted by atomic mass is 16.7. The van der Waals surface area contributed by atoms with Crippen LogP contribution in [0.4, 0.5) is 5.69 Å². The molecule has 8 heteroatoms. The first kappa shape index (κ1) is 34.8. The molecule has 3 aromatic rings. The Bertz CT molecular complexity index is 1570. The van der Waals surface area contributed by atoms with Crippen molar-refractivity contribution in [1.82, 2.24) is 9.88 Å². The molecule has 0 radical (unpaired) electrons. The Hall–Kier alpha value is -4.07. The molecule has 46 heavy (non-hydrogen) atoms. The van der Waals surface area contributed by atoms with E-state index in [4.69, 9.17) is 9.47 Å². The van der Waals surface area contributed by atoms with Gasteiger partial charge in [-0.2, -0.15) is 0 Å². The van der Waals surface area contributed by atoms with Crippen LogP contribution in [-0.2, 0) is 36.4 Å². The summed E-state index contributed by atoms with van der Waals surface area (Å²) in [4.78, 5) is 34.1. The van der Waals surface area contributed by atoms with Gasteiger partial charge in [0.2, 0.25) is 0 Å². The molecule has 0 saturated carbocycles. The maximum atomic E-state index is 13.7. The van der Waals surface area contributed by atoms with Crippen LogP contribution in [0.1, 0.15) is 112 Å². The molecule has 1 saturated heterocycles. The molecular weight excluding hydrogens is 578 g/mol. The van der Waals surface area contributed by atoms with E-state index in [0.29, 0.717) is 18.1 Å². The van der Waals surface area contributed by atoms with Crippen LogP contribution in [0.25, 0.3) is 10.9 Å². The number of nitrogens with zero attached hydrogens (tertiary/aromatic N) is 2. The number of fused-ring (bicyclic) bond motifs is 1. The minimum absolute atomic E-state index is 0.0784. The molecule has 1 unspecified atom stereocenters. The smallest absolute Gasteiger partial charge is 0.352 e. The van der Waals surface area contributed by atoms with Gasteiger partial charge in [-0.25, -0.2) is 9.59 Å². The standard InChI is InChI=1S/C38H51N3O5/c1-11-12-13-16-24(2)41(23-25-19-20-39-30-18-15-14-17-27(25)30)33(31-34(43)45-38(9,10)46-35(31)44)40-26-21-28(36(3,4)5)32(42)29(22-26)37(6,7)8/h14-15,17-22,24,40,42H,11-13,16,23H2,1-10H3. The van der Waals surface area contributed by atoms with E-state index < -0.39 is 17.7 Å². The quantitative estimate of drug-likeness (QED) is 0.0757. The summed E-state index contributed by atoms with van der Waals surface area (Å²) in [6, 6.07) is 13.7. The second-order valence-corrected chi connectivity index (χ2v) is 14.9. The van der Waals surface area contributed by atoms with Gasteiger partial charge < -0.3 is 24.8 Å². The molecule has 0 amide bonds. The lowest BCUT2D eigenvalue weighted by molar-refractivity contribution is -0.222. The number of phenolic OH excluding ortho intramolecular Hbond substituents is 1. The summed E-state index contributed by atoms with van der Waals surface area (Å²) in [6.45, 7) is 20.1. The van der Waals surface area contributed by atoms with Gasteiger partial charge >= 0.3 is 11.9 Å². The lowest BCUT2D eigenvalue weighted by Crippen LogP contribution is -2.45. The van der Waals surface area contributed by atoms with Crippen molar-refractivity contribution in [3.63, 3.8) is 0 Å². The number of para-hydroxylation sites is 1. The zero-order valence-corrected chi connectivity index (χ0v) is 29.2. The number of anilines is 1. The van der Waals surface area contributed by atoms with Gasteiger partial charge in [-0.15, -0.1) is 0 Å². The molecule has 248 valence electrons. The fourth-order valence-corrected chi connectivity index (χ4v) is 5.89. The predicted molar refractivity (Wildman–Crippen MR) is 183 cm³/mol. The summed E-state index contributed by atoms with van der Waals surface area (Å²) in [5.41, 5.74) is 3.06. The molecule has 1 aliphatic rings. The normalized spacial score (nSPS) is 15.7. The number of nitrogens with one attached hydrogen (secondary N) is 1. The molecule has 2 aromatic carbocycles. The Kier molecular flexibility index (Phi) is 10.1. The lowest BCUT2D eigenvalue weighted by Gasteiger charge is -2.38. The highest BCUT2D eigenvalue weighted by Gasteiger charge is 2.43. The summed E-state index contributed by atoms with van der Waals surface area (Å²) in [5, 5.41) is 15.9. The fourth-order valence-electron chi connectivity index (χ4n) is 5.89. The van der Waals surface area contributed by atoms with Crippen molar-refractivity contribution in [1.29, 1.82) is 0 Å². The number of benzene rings is 2. The average Bonchev–Trinajstić information content (AvgIpc) is 2.94. The van der Waals surface area contributed by atoms with Crippen molar-refractivity contribution in [2.45, 2.75) is 124 Å². The van der Waals surface area contributed by atoms with E-state index in [1.165, 1.54) is 0 Å². The Labute approximate surface area is 274 Å². The minimum atomic E-state index is -1.39. The number of hydrogen-bond donors (Lipinski definition) is 2. The Morgan fingerprint density at radius 3 is 2.11 bits per heavy atom. The minimum Gasteiger partial charge on any atom is -0.507 e. The third-order valence-electron chi connectivity index (χ3n) is 8.44. The maximum absolute atomic E-state index is 13.7. The number of hydrogen-bond acceptors (Lipinski definition) is 8. The van der Waals surface area contributed by atoms with Crippen LogP contribution in [0.3, 0.4) is 0 Å². The molecule has 1 aromatic heterocycles. The van der Waals surface area contributed by atoms with E-state index in [1.54, 1.807) is 20.0 Å². The van der Waals surface area contributed by atoms with Gasteiger partial charge in [-0.3, -0.25) is 4.98 Å². The predicted octanol–water partition coefficient (Wildman–Crippen LogP) is 8.47. The summed E-state index contributed by atoms with van der Waals surface area (Å²) in [6.07, 6.45) is 5.74. The summed E-state index contributed by atoms with van der Waals surface area (Å²) in [7, 11) is 0. The number of rotatable bonds is 10. The largest absolute Gasteiger partial charge is 0.507 e. The first-order valence-electron chi connectivity index (χ1n) is 16.4. The molecule has 1 atom stereocenters. The van der Waals surface area contributed by atoms with E-state index in [-0.39, 0.29) is 28.2 Å². The first-order valence-corrected chi connectivity index (χ1v) is 16.4. The number of pyridine rings is 1. The number of phenols is 1. The van der Waals surface area contributed by atoms with Crippen molar-refractivity contribution in [3.05, 3.63) is 76.7 Å². The Morgan fingerprint density at radius 2 is 1.54 bits per heavy atom. The molecule has 2 N–H and O–H groups in total. The molecule has 1 aliphatic heterocycles. The van der Waals surface area contributed by atoms with Crippen molar-refractivity contribution < 1.29 is 24.2 Å². The number of aromatic hydroxyl groups is 1. The van der Waals surface area contributed by atoms with Gasteiger partial charge in [0.05, 0.1) is 5.52 Å². The summed E-state index contributed by atoms with van der Waals surface area (Å²) < 4.78 is 11.3. The van der Waals surface area contributed by atoms with E-state index in [1.807, 2.05) is 84.0 Å². The van der Waals surface area contributed by atoms with Crippen molar-refractivity contribution in [3.8, 4) is 5.75 Å². The van der Waals surface area contributed by atoms with Crippen LogP contribution >= 0.6 is 0 Å². The van der Waals surface area contributed by atoms with Crippen LogP contribution < -0.4 is 5.32 Å². The SMILES string of the molecule is CCCCCC(C)N(Cc1ccnc2ccccc12)C(Nc1cc(C(C)(C)C)c(O)c(C(C)(C)C)c1)=C1C(=O)OC(C)(C)OC1=O. The molecular formula is C38H51N3O5. The summed E-state index contributed by atoms with van der Waals surface area (Å²) in [5.74, 6) is -2.34. The first-order chi connectivity index (χ1) is 21.4. The van der Waals surface area contributed by atoms with Crippen LogP contribution in [0.2, 0.25) is 0 Å². The molecule has 4 rings (SSSR count). The molecule has 8 nitrogen and oxygen atoms in total. The van der Waals surface area contributed by atoms with Gasteiger partial charge in [-0.1, -0.05) is 85.9 Å². The fraction of sp³-hybridized carbons (Fsp3) is 0.500. The van der Waals surface area contributed by atoms with Gasteiger partial charge in [-0.05, 0) is 54.0 Å². The van der Waals surface area contributed by atoms with Crippen LogP contribution in [0, 0.1) is 0 Å². The van der Waals surface area contributed by atoms with E-state index in [0.717, 1.165) is 53.3 Å². The van der Waals surface area contributed by atoms with Crippen molar-refractivity contribution in [2.75, 3.05) is 5.32 Å². The number of cyclic esters (lactones) is 2. The zero-order valence-electron chi connectivity index (χ0n) is 29.2. The van der Waals surface area contributed by atoms with Gasteiger partial charge in [0, 0.05) is 54.8 Å². The summed E-state index contributed by atoms with van der Waals surface area (Å²) >= 11 is 0. The van der Waals surface area contributed by atoms with E-state index >= 15 is 0 Å². The number of unbranched alkanes of at least 4 members (excludes halogenated alkanes) is 2. The monoisotopic (exact) mass is 629 g/mol.